The Hall–Kier alpha value is -1.87. The van der Waals surface area contributed by atoms with Crippen LogP contribution in [-0.2, 0) is 11.1 Å². The Morgan fingerprint density at radius 2 is 1.47 bits per heavy atom. The molecule has 0 amide bonds. The minimum atomic E-state index is -3.03. The highest BCUT2D eigenvalue weighted by Crippen LogP contribution is 2.30. The van der Waals surface area contributed by atoms with Crippen molar-refractivity contribution in [1.82, 2.24) is 0 Å². The molecule has 1 aromatic carbocycles. The van der Waals surface area contributed by atoms with Gasteiger partial charge in [0.2, 0.25) is 0 Å². The largest absolute Gasteiger partial charge is 0.768 e. The third-order valence-corrected chi connectivity index (χ3v) is 2.29. The highest BCUT2D eigenvalue weighted by molar-refractivity contribution is 7.79. The predicted octanol–water partition coefficient (Wildman–Crippen LogP) is 0.741. The number of nitrogens with zero attached hydrogens (tertiary/aromatic N) is 2. The molecular formula is C6H3N2O6S-. The van der Waals surface area contributed by atoms with Crippen molar-refractivity contribution in [2.45, 2.75) is 4.90 Å². The van der Waals surface area contributed by atoms with E-state index in [0.717, 1.165) is 18.2 Å². The molecule has 0 fully saturated rings. The first-order chi connectivity index (χ1) is 6.95. The summed E-state index contributed by atoms with van der Waals surface area (Å²) in [5.41, 5.74) is -1.62. The number of hydrogen-bond acceptors (Lipinski definition) is 6. The lowest BCUT2D eigenvalue weighted by atomic mass is 10.3. The lowest BCUT2D eigenvalue weighted by molar-refractivity contribution is -0.399. The minimum Gasteiger partial charge on any atom is -0.768 e. The first-order valence-corrected chi connectivity index (χ1v) is 4.53. The van der Waals surface area contributed by atoms with Crippen molar-refractivity contribution in [3.05, 3.63) is 38.4 Å². The highest BCUT2D eigenvalue weighted by Gasteiger charge is 2.25. The van der Waals surface area contributed by atoms with Crippen molar-refractivity contribution in [1.29, 1.82) is 0 Å². The van der Waals surface area contributed by atoms with Gasteiger partial charge in [-0.3, -0.25) is 24.4 Å². The summed E-state index contributed by atoms with van der Waals surface area (Å²) in [6.45, 7) is 0. The van der Waals surface area contributed by atoms with Gasteiger partial charge in [-0.2, -0.15) is 0 Å². The Morgan fingerprint density at radius 3 is 1.73 bits per heavy atom. The lowest BCUT2D eigenvalue weighted by Gasteiger charge is -2.05. The van der Waals surface area contributed by atoms with Crippen LogP contribution in [0.1, 0.15) is 0 Å². The first-order valence-electron chi connectivity index (χ1n) is 3.46. The fraction of sp³-hybridized carbons (Fsp3) is 0. The Bertz CT molecular complexity index is 427. The molecule has 8 nitrogen and oxygen atoms in total. The Morgan fingerprint density at radius 1 is 1.07 bits per heavy atom. The summed E-state index contributed by atoms with van der Waals surface area (Å²) >= 11 is -3.03. The Kier molecular flexibility index (Phi) is 3.07. The summed E-state index contributed by atoms with van der Waals surface area (Å²) in [5, 5.41) is 20.8. The number of rotatable bonds is 3. The molecule has 0 aliphatic rings. The molecule has 9 heteroatoms. The van der Waals surface area contributed by atoms with Crippen molar-refractivity contribution in [3.8, 4) is 0 Å². The van der Waals surface area contributed by atoms with Gasteiger partial charge in [0.1, 0.15) is 0 Å². The summed E-state index contributed by atoms with van der Waals surface area (Å²) < 4.78 is 21.3. The maximum Gasteiger partial charge on any atom is 0.291 e. The molecule has 0 aliphatic heterocycles. The fourth-order valence-corrected chi connectivity index (χ4v) is 1.60. The molecule has 0 N–H and O–H groups in total. The minimum absolute atomic E-state index is 0.808. The van der Waals surface area contributed by atoms with Crippen LogP contribution in [0.25, 0.3) is 0 Å². The summed E-state index contributed by atoms with van der Waals surface area (Å²) in [4.78, 5) is 17.9. The molecule has 0 saturated heterocycles. The lowest BCUT2D eigenvalue weighted by Crippen LogP contribution is -2.02. The molecule has 0 bridgehead atoms. The van der Waals surface area contributed by atoms with Crippen LogP contribution in [0.3, 0.4) is 0 Å². The molecule has 0 aromatic heterocycles. The SMILES string of the molecule is O=[N+]([O-])c1cccc([N+](=O)[O-])c1S(=O)[O-]. The number of benzene rings is 1. The maximum absolute atomic E-state index is 10.6. The van der Waals surface area contributed by atoms with Gasteiger partial charge in [-0.1, -0.05) is 0 Å². The third kappa shape index (κ3) is 2.14. The summed E-state index contributed by atoms with van der Waals surface area (Å²) in [6, 6.07) is 2.82. The molecule has 0 heterocycles. The van der Waals surface area contributed by atoms with Gasteiger partial charge < -0.3 is 4.55 Å². The van der Waals surface area contributed by atoms with Crippen LogP contribution in [0.5, 0.6) is 0 Å². The van der Waals surface area contributed by atoms with E-state index in [1.807, 2.05) is 0 Å². The van der Waals surface area contributed by atoms with E-state index in [4.69, 9.17) is 0 Å². The molecule has 1 unspecified atom stereocenters. The molecule has 1 aromatic rings. The second-order valence-corrected chi connectivity index (χ2v) is 3.25. The van der Waals surface area contributed by atoms with E-state index in [1.165, 1.54) is 0 Å². The predicted molar refractivity (Wildman–Crippen MR) is 46.9 cm³/mol. The molecule has 80 valence electrons. The van der Waals surface area contributed by atoms with E-state index in [2.05, 4.69) is 0 Å². The first kappa shape index (κ1) is 11.2. The zero-order chi connectivity index (χ0) is 11.6. The van der Waals surface area contributed by atoms with Crippen LogP contribution < -0.4 is 0 Å². The number of hydrogen-bond donors (Lipinski definition) is 0. The van der Waals surface area contributed by atoms with Crippen molar-refractivity contribution >= 4 is 22.5 Å². The Labute approximate surface area is 85.1 Å². The average Bonchev–Trinajstić information content (AvgIpc) is 2.16. The van der Waals surface area contributed by atoms with E-state index in [-0.39, 0.29) is 0 Å². The van der Waals surface area contributed by atoms with Crippen LogP contribution >= 0.6 is 0 Å². The van der Waals surface area contributed by atoms with Crippen molar-refractivity contribution < 1.29 is 18.6 Å². The van der Waals surface area contributed by atoms with Gasteiger partial charge in [-0.25, -0.2) is 0 Å². The van der Waals surface area contributed by atoms with Gasteiger partial charge in [0.25, 0.3) is 11.4 Å². The molecule has 0 spiro atoms. The maximum atomic E-state index is 10.6. The zero-order valence-electron chi connectivity index (χ0n) is 6.98. The van der Waals surface area contributed by atoms with Gasteiger partial charge in [0.15, 0.2) is 4.90 Å². The quantitative estimate of drug-likeness (QED) is 0.428. The monoisotopic (exact) mass is 231 g/mol. The Balaban J connectivity index is 3.56. The molecule has 1 atom stereocenters. The molecule has 1 rings (SSSR count). The van der Waals surface area contributed by atoms with E-state index in [9.17, 15) is 29.0 Å². The van der Waals surface area contributed by atoms with Crippen LogP contribution in [0.4, 0.5) is 11.4 Å². The second kappa shape index (κ2) is 4.11. The van der Waals surface area contributed by atoms with E-state index < -0.39 is 37.2 Å². The molecule has 0 aliphatic carbocycles. The zero-order valence-corrected chi connectivity index (χ0v) is 7.80. The third-order valence-electron chi connectivity index (χ3n) is 1.53. The molecule has 0 radical (unpaired) electrons. The fourth-order valence-electron chi connectivity index (χ4n) is 0.971. The van der Waals surface area contributed by atoms with Crippen molar-refractivity contribution in [2.75, 3.05) is 0 Å². The average molecular weight is 231 g/mol. The van der Waals surface area contributed by atoms with E-state index in [1.54, 1.807) is 0 Å². The summed E-state index contributed by atoms with van der Waals surface area (Å²) in [6.07, 6.45) is 0. The van der Waals surface area contributed by atoms with Crippen LogP contribution in [-0.4, -0.2) is 18.6 Å². The number of nitro benzene ring substituents is 2. The summed E-state index contributed by atoms with van der Waals surface area (Å²) in [5.74, 6) is 0. The van der Waals surface area contributed by atoms with Gasteiger partial charge in [-0.15, -0.1) is 0 Å². The van der Waals surface area contributed by atoms with E-state index in [0.29, 0.717) is 0 Å². The summed E-state index contributed by atoms with van der Waals surface area (Å²) in [7, 11) is 0. The molecule has 15 heavy (non-hydrogen) atoms. The van der Waals surface area contributed by atoms with Gasteiger partial charge in [-0.05, 0) is 17.1 Å². The highest BCUT2D eigenvalue weighted by atomic mass is 32.2. The van der Waals surface area contributed by atoms with Crippen molar-refractivity contribution in [3.63, 3.8) is 0 Å². The number of nitro groups is 2. The van der Waals surface area contributed by atoms with Crippen molar-refractivity contribution in [2.24, 2.45) is 0 Å². The topological polar surface area (TPSA) is 126 Å². The molecular weight excluding hydrogens is 228 g/mol. The van der Waals surface area contributed by atoms with Gasteiger partial charge in [0, 0.05) is 12.1 Å². The van der Waals surface area contributed by atoms with Crippen LogP contribution in [0, 0.1) is 20.2 Å². The normalized spacial score (nSPS) is 12.1. The molecule has 0 saturated carbocycles. The van der Waals surface area contributed by atoms with E-state index >= 15 is 0 Å². The smallest absolute Gasteiger partial charge is 0.291 e. The van der Waals surface area contributed by atoms with Gasteiger partial charge in [0.05, 0.1) is 9.85 Å². The second-order valence-electron chi connectivity index (χ2n) is 2.37. The van der Waals surface area contributed by atoms with Crippen LogP contribution in [0.2, 0.25) is 0 Å². The van der Waals surface area contributed by atoms with Crippen LogP contribution in [0.15, 0.2) is 23.1 Å². The van der Waals surface area contributed by atoms with Gasteiger partial charge >= 0.3 is 0 Å². The standard InChI is InChI=1S/C6H4N2O6S/c9-7(10)4-2-1-3-5(8(11)12)6(4)15(13)14/h1-3H,(H,13,14)/p-1.